The molecular formula is C21H32N4O3. The third-order valence-electron chi connectivity index (χ3n) is 5.41. The fourth-order valence-corrected chi connectivity index (χ4v) is 3.96. The van der Waals surface area contributed by atoms with Gasteiger partial charge in [0, 0.05) is 45.0 Å². The summed E-state index contributed by atoms with van der Waals surface area (Å²) >= 11 is 0. The van der Waals surface area contributed by atoms with Crippen LogP contribution in [0.4, 0.5) is 5.69 Å². The van der Waals surface area contributed by atoms with Crippen molar-refractivity contribution in [3.63, 3.8) is 0 Å². The van der Waals surface area contributed by atoms with Crippen molar-refractivity contribution in [3.05, 3.63) is 29.3 Å². The number of benzene rings is 1. The van der Waals surface area contributed by atoms with Crippen molar-refractivity contribution in [3.8, 4) is 0 Å². The van der Waals surface area contributed by atoms with Crippen molar-refractivity contribution in [1.82, 2.24) is 15.5 Å². The van der Waals surface area contributed by atoms with E-state index in [-0.39, 0.29) is 12.1 Å². The molecule has 1 saturated heterocycles. The van der Waals surface area contributed by atoms with Crippen molar-refractivity contribution in [2.24, 2.45) is 0 Å². The van der Waals surface area contributed by atoms with Gasteiger partial charge in [-0.3, -0.25) is 14.5 Å². The van der Waals surface area contributed by atoms with Crippen LogP contribution >= 0.6 is 0 Å². The van der Waals surface area contributed by atoms with Crippen LogP contribution in [0.5, 0.6) is 0 Å². The Labute approximate surface area is 167 Å². The number of fused-ring (bicyclic) bond motifs is 1. The zero-order valence-electron chi connectivity index (χ0n) is 17.2. The maximum absolute atomic E-state index is 12.2. The van der Waals surface area contributed by atoms with Crippen molar-refractivity contribution in [2.75, 3.05) is 51.3 Å². The van der Waals surface area contributed by atoms with Crippen LogP contribution in [0.15, 0.2) is 18.2 Å². The second kappa shape index (κ2) is 9.39. The summed E-state index contributed by atoms with van der Waals surface area (Å²) in [6, 6.07) is 6.57. The number of amides is 2. The SMILES string of the molecule is CC(C)NC(=O)C(=O)NC[C@@H](c1ccc2c(c1)CCCN2C)N1CCOCC1. The van der Waals surface area contributed by atoms with Gasteiger partial charge in [-0.05, 0) is 43.9 Å². The Kier molecular flexibility index (Phi) is 6.91. The molecule has 0 unspecified atom stereocenters. The number of nitrogens with one attached hydrogen (secondary N) is 2. The molecule has 2 aliphatic rings. The van der Waals surface area contributed by atoms with Gasteiger partial charge in [0.25, 0.3) is 0 Å². The van der Waals surface area contributed by atoms with E-state index >= 15 is 0 Å². The lowest BCUT2D eigenvalue weighted by Gasteiger charge is -2.36. The second-order valence-corrected chi connectivity index (χ2v) is 7.92. The first-order valence-electron chi connectivity index (χ1n) is 10.2. The van der Waals surface area contributed by atoms with Gasteiger partial charge >= 0.3 is 11.8 Å². The van der Waals surface area contributed by atoms with Crippen LogP contribution in [0.1, 0.15) is 37.4 Å². The molecule has 3 rings (SSSR count). The number of hydrogen-bond acceptors (Lipinski definition) is 5. The molecule has 2 amide bonds. The molecule has 154 valence electrons. The number of rotatable bonds is 5. The van der Waals surface area contributed by atoms with Crippen LogP contribution in [0.3, 0.4) is 0 Å². The molecule has 1 aromatic carbocycles. The molecule has 7 heteroatoms. The zero-order chi connectivity index (χ0) is 20.1. The largest absolute Gasteiger partial charge is 0.379 e. The molecule has 1 fully saturated rings. The Hall–Kier alpha value is -2.12. The molecule has 7 nitrogen and oxygen atoms in total. The highest BCUT2D eigenvalue weighted by molar-refractivity contribution is 6.35. The van der Waals surface area contributed by atoms with Gasteiger partial charge < -0.3 is 20.3 Å². The van der Waals surface area contributed by atoms with Crippen molar-refractivity contribution in [2.45, 2.75) is 38.8 Å². The summed E-state index contributed by atoms with van der Waals surface area (Å²) in [5.74, 6) is -1.16. The van der Waals surface area contributed by atoms with Crippen LogP contribution < -0.4 is 15.5 Å². The molecule has 1 atom stereocenters. The number of anilines is 1. The highest BCUT2D eigenvalue weighted by atomic mass is 16.5. The zero-order valence-corrected chi connectivity index (χ0v) is 17.2. The van der Waals surface area contributed by atoms with E-state index in [1.54, 1.807) is 0 Å². The first kappa shape index (κ1) is 20.6. The predicted octanol–water partition coefficient (Wildman–Crippen LogP) is 1.08. The molecular weight excluding hydrogens is 356 g/mol. The number of morpholine rings is 1. The summed E-state index contributed by atoms with van der Waals surface area (Å²) in [7, 11) is 2.13. The first-order chi connectivity index (χ1) is 13.5. The summed E-state index contributed by atoms with van der Waals surface area (Å²) in [5, 5.41) is 5.47. The minimum atomic E-state index is -0.581. The topological polar surface area (TPSA) is 73.9 Å². The molecule has 1 aromatic rings. The highest BCUT2D eigenvalue weighted by Crippen LogP contribution is 2.30. The van der Waals surface area contributed by atoms with Crippen LogP contribution in [0.25, 0.3) is 0 Å². The van der Waals surface area contributed by atoms with Crippen molar-refractivity contribution in [1.29, 1.82) is 0 Å². The lowest BCUT2D eigenvalue weighted by atomic mass is 9.95. The normalized spacial score (nSPS) is 18.5. The second-order valence-electron chi connectivity index (χ2n) is 7.92. The third-order valence-corrected chi connectivity index (χ3v) is 5.41. The summed E-state index contributed by atoms with van der Waals surface area (Å²) in [6.45, 7) is 8.17. The van der Waals surface area contributed by atoms with Crippen LogP contribution in [0.2, 0.25) is 0 Å². The number of carbonyl (C=O) groups is 2. The van der Waals surface area contributed by atoms with Gasteiger partial charge in [-0.15, -0.1) is 0 Å². The Bertz CT molecular complexity index is 701. The number of ether oxygens (including phenoxy) is 1. The van der Waals surface area contributed by atoms with Gasteiger partial charge in [-0.2, -0.15) is 0 Å². The quantitative estimate of drug-likeness (QED) is 0.739. The lowest BCUT2D eigenvalue weighted by molar-refractivity contribution is -0.139. The number of nitrogens with zero attached hydrogens (tertiary/aromatic N) is 2. The molecule has 0 bridgehead atoms. The molecule has 2 heterocycles. The Morgan fingerprint density at radius 3 is 2.61 bits per heavy atom. The van der Waals surface area contributed by atoms with Crippen LogP contribution in [-0.4, -0.2) is 69.2 Å². The Balaban J connectivity index is 1.76. The smallest absolute Gasteiger partial charge is 0.309 e. The number of hydrogen-bond donors (Lipinski definition) is 2. The van der Waals surface area contributed by atoms with E-state index < -0.39 is 11.8 Å². The van der Waals surface area contributed by atoms with E-state index in [2.05, 4.69) is 45.7 Å². The van der Waals surface area contributed by atoms with E-state index in [9.17, 15) is 9.59 Å². The predicted molar refractivity (Wildman–Crippen MR) is 109 cm³/mol. The average molecular weight is 389 g/mol. The first-order valence-corrected chi connectivity index (χ1v) is 10.2. The van der Waals surface area contributed by atoms with E-state index in [1.165, 1.54) is 16.8 Å². The van der Waals surface area contributed by atoms with Gasteiger partial charge in [0.1, 0.15) is 0 Å². The summed E-state index contributed by atoms with van der Waals surface area (Å²) < 4.78 is 5.50. The maximum Gasteiger partial charge on any atom is 0.309 e. The highest BCUT2D eigenvalue weighted by Gasteiger charge is 2.26. The number of aryl methyl sites for hydroxylation is 1. The van der Waals surface area contributed by atoms with E-state index in [4.69, 9.17) is 4.74 Å². The molecule has 28 heavy (non-hydrogen) atoms. The fraction of sp³-hybridized carbons (Fsp3) is 0.619. The molecule has 0 radical (unpaired) electrons. The standard InChI is InChI=1S/C21H32N4O3/c1-15(2)23-21(27)20(26)22-14-19(25-9-11-28-12-10-25)17-6-7-18-16(13-17)5-4-8-24(18)3/h6-7,13,15,19H,4-5,8-12,14H2,1-3H3,(H,22,26)(H,23,27)/t19-/m0/s1. The molecule has 0 saturated carbocycles. The van der Waals surface area contributed by atoms with Gasteiger partial charge in [0.15, 0.2) is 0 Å². The summed E-state index contributed by atoms with van der Waals surface area (Å²) in [4.78, 5) is 28.8. The van der Waals surface area contributed by atoms with Gasteiger partial charge in [-0.25, -0.2) is 0 Å². The van der Waals surface area contributed by atoms with Crippen molar-refractivity contribution >= 4 is 17.5 Å². The Morgan fingerprint density at radius 2 is 1.89 bits per heavy atom. The molecule has 0 aromatic heterocycles. The third kappa shape index (κ3) is 5.02. The van der Waals surface area contributed by atoms with E-state index in [1.807, 2.05) is 13.8 Å². The fourth-order valence-electron chi connectivity index (χ4n) is 3.96. The van der Waals surface area contributed by atoms with E-state index in [0.717, 1.165) is 32.5 Å². The van der Waals surface area contributed by atoms with Gasteiger partial charge in [0.2, 0.25) is 0 Å². The Morgan fingerprint density at radius 1 is 1.14 bits per heavy atom. The lowest BCUT2D eigenvalue weighted by Crippen LogP contribution is -2.47. The minimum absolute atomic E-state index is 0.0252. The molecule has 0 spiro atoms. The van der Waals surface area contributed by atoms with Gasteiger partial charge in [-0.1, -0.05) is 12.1 Å². The summed E-state index contributed by atoms with van der Waals surface area (Å²) in [5.41, 5.74) is 3.82. The van der Waals surface area contributed by atoms with Crippen LogP contribution in [0, 0.1) is 0 Å². The molecule has 0 aliphatic carbocycles. The average Bonchev–Trinajstić information content (AvgIpc) is 2.68. The van der Waals surface area contributed by atoms with Crippen LogP contribution in [-0.2, 0) is 20.7 Å². The number of carbonyl (C=O) groups excluding carboxylic acids is 2. The molecule has 2 N–H and O–H groups in total. The maximum atomic E-state index is 12.2. The van der Waals surface area contributed by atoms with Crippen molar-refractivity contribution < 1.29 is 14.3 Å². The monoisotopic (exact) mass is 388 g/mol. The minimum Gasteiger partial charge on any atom is -0.379 e. The van der Waals surface area contributed by atoms with E-state index in [0.29, 0.717) is 19.8 Å². The molecule has 2 aliphatic heterocycles. The summed E-state index contributed by atoms with van der Waals surface area (Å²) in [6.07, 6.45) is 2.23. The van der Waals surface area contributed by atoms with Gasteiger partial charge in [0.05, 0.1) is 19.3 Å².